The highest BCUT2D eigenvalue weighted by molar-refractivity contribution is 6.30. The van der Waals surface area contributed by atoms with Gasteiger partial charge >= 0.3 is 6.09 Å². The zero-order chi connectivity index (χ0) is 20.6. The molecule has 0 radical (unpaired) electrons. The third-order valence-corrected chi connectivity index (χ3v) is 5.02. The monoisotopic (exact) mass is 436 g/mol. The lowest BCUT2D eigenvalue weighted by Crippen LogP contribution is -2.54. The summed E-state index contributed by atoms with van der Waals surface area (Å²) >= 11 is 11.6. The Hall–Kier alpha value is -2.44. The molecule has 3 rings (SSSR count). The number of hydrogen-bond donors (Lipinski definition) is 1. The fourth-order valence-corrected chi connectivity index (χ4v) is 3.09. The van der Waals surface area contributed by atoms with Crippen LogP contribution in [0.15, 0.2) is 48.5 Å². The molecule has 154 valence electrons. The SMILES string of the molecule is O=C(COc1ccc(Cl)cc1)NCC1CN(C(=O)OCCc2ccc(Cl)cc2)C1. The molecular weight excluding hydrogens is 415 g/mol. The van der Waals surface area contributed by atoms with Crippen molar-refractivity contribution in [3.8, 4) is 5.75 Å². The number of likely N-dealkylation sites (tertiary alicyclic amines) is 1. The number of ether oxygens (including phenoxy) is 2. The van der Waals surface area contributed by atoms with E-state index < -0.39 is 0 Å². The first kappa shape index (κ1) is 21.3. The van der Waals surface area contributed by atoms with Crippen molar-refractivity contribution in [3.05, 3.63) is 64.1 Å². The smallest absolute Gasteiger partial charge is 0.409 e. The molecule has 29 heavy (non-hydrogen) atoms. The maximum atomic E-state index is 12.0. The highest BCUT2D eigenvalue weighted by atomic mass is 35.5. The first-order valence-electron chi connectivity index (χ1n) is 9.31. The van der Waals surface area contributed by atoms with Gasteiger partial charge in [-0.2, -0.15) is 0 Å². The number of halogens is 2. The summed E-state index contributed by atoms with van der Waals surface area (Å²) in [6.07, 6.45) is 0.316. The lowest BCUT2D eigenvalue weighted by Gasteiger charge is -2.38. The number of hydrogen-bond acceptors (Lipinski definition) is 4. The van der Waals surface area contributed by atoms with Crippen LogP contribution < -0.4 is 10.1 Å². The highest BCUT2D eigenvalue weighted by Gasteiger charge is 2.31. The standard InChI is InChI=1S/C21H22Cl2N2O4/c22-17-3-1-15(2-4-17)9-10-28-21(27)25-12-16(13-25)11-24-20(26)14-29-19-7-5-18(23)6-8-19/h1-8,16H,9-14H2,(H,24,26). The summed E-state index contributed by atoms with van der Waals surface area (Å²) in [5.41, 5.74) is 1.06. The van der Waals surface area contributed by atoms with Gasteiger partial charge in [-0.25, -0.2) is 4.79 Å². The molecule has 1 heterocycles. The van der Waals surface area contributed by atoms with E-state index in [9.17, 15) is 9.59 Å². The van der Waals surface area contributed by atoms with Crippen LogP contribution in [0, 0.1) is 5.92 Å². The Morgan fingerprint density at radius 3 is 2.28 bits per heavy atom. The summed E-state index contributed by atoms with van der Waals surface area (Å²) in [4.78, 5) is 25.5. The zero-order valence-electron chi connectivity index (χ0n) is 15.8. The van der Waals surface area contributed by atoms with E-state index in [2.05, 4.69) is 5.32 Å². The molecule has 2 aromatic carbocycles. The van der Waals surface area contributed by atoms with Crippen LogP contribution in [-0.2, 0) is 16.0 Å². The van der Waals surface area contributed by atoms with Gasteiger partial charge in [0.2, 0.25) is 0 Å². The molecule has 2 aromatic rings. The van der Waals surface area contributed by atoms with E-state index in [1.165, 1.54) is 0 Å². The van der Waals surface area contributed by atoms with Crippen molar-refractivity contribution in [2.24, 2.45) is 5.92 Å². The van der Waals surface area contributed by atoms with Crippen molar-refractivity contribution in [1.82, 2.24) is 10.2 Å². The Morgan fingerprint density at radius 1 is 1.00 bits per heavy atom. The fraction of sp³-hybridized carbons (Fsp3) is 0.333. The number of carbonyl (C=O) groups excluding carboxylic acids is 2. The van der Waals surface area contributed by atoms with Gasteiger partial charge in [0.15, 0.2) is 6.61 Å². The Kier molecular flexibility index (Phi) is 7.61. The van der Waals surface area contributed by atoms with Crippen molar-refractivity contribution in [2.45, 2.75) is 6.42 Å². The molecule has 2 amide bonds. The van der Waals surface area contributed by atoms with Gasteiger partial charge in [-0.05, 0) is 42.0 Å². The van der Waals surface area contributed by atoms with Crippen LogP contribution in [-0.4, -0.2) is 49.7 Å². The van der Waals surface area contributed by atoms with Gasteiger partial charge in [-0.3, -0.25) is 4.79 Å². The van der Waals surface area contributed by atoms with E-state index in [-0.39, 0.29) is 24.5 Å². The van der Waals surface area contributed by atoms with E-state index in [4.69, 9.17) is 32.7 Å². The number of benzene rings is 2. The largest absolute Gasteiger partial charge is 0.484 e. The Labute approximate surface area is 179 Å². The Bertz CT molecular complexity index is 822. The quantitative estimate of drug-likeness (QED) is 0.683. The zero-order valence-corrected chi connectivity index (χ0v) is 17.3. The molecule has 1 aliphatic heterocycles. The average Bonchev–Trinajstić information content (AvgIpc) is 2.68. The number of carbonyl (C=O) groups is 2. The highest BCUT2D eigenvalue weighted by Crippen LogP contribution is 2.17. The summed E-state index contributed by atoms with van der Waals surface area (Å²) in [7, 11) is 0. The summed E-state index contributed by atoms with van der Waals surface area (Å²) in [6, 6.07) is 14.3. The summed E-state index contributed by atoms with van der Waals surface area (Å²) in [5.74, 6) is 0.600. The fourth-order valence-electron chi connectivity index (χ4n) is 2.84. The molecule has 1 aliphatic rings. The minimum atomic E-state index is -0.326. The van der Waals surface area contributed by atoms with Gasteiger partial charge in [0, 0.05) is 42.0 Å². The molecule has 0 atom stereocenters. The van der Waals surface area contributed by atoms with Gasteiger partial charge in [0.1, 0.15) is 5.75 Å². The molecule has 0 bridgehead atoms. The van der Waals surface area contributed by atoms with Gasteiger partial charge in [-0.1, -0.05) is 35.3 Å². The van der Waals surface area contributed by atoms with Crippen molar-refractivity contribution < 1.29 is 19.1 Å². The van der Waals surface area contributed by atoms with E-state index in [0.29, 0.717) is 48.5 Å². The predicted molar refractivity (Wildman–Crippen MR) is 112 cm³/mol. The Balaban J connectivity index is 1.25. The normalized spacial score (nSPS) is 13.5. The van der Waals surface area contributed by atoms with Crippen LogP contribution in [0.1, 0.15) is 5.56 Å². The van der Waals surface area contributed by atoms with Gasteiger partial charge in [0.25, 0.3) is 5.91 Å². The molecule has 0 aliphatic carbocycles. The van der Waals surface area contributed by atoms with Crippen LogP contribution in [0.3, 0.4) is 0 Å². The van der Waals surface area contributed by atoms with Gasteiger partial charge in [-0.15, -0.1) is 0 Å². The second-order valence-corrected chi connectivity index (χ2v) is 7.68. The molecule has 1 saturated heterocycles. The Morgan fingerprint density at radius 2 is 1.62 bits per heavy atom. The van der Waals surface area contributed by atoms with Crippen LogP contribution in [0.5, 0.6) is 5.75 Å². The molecule has 6 nitrogen and oxygen atoms in total. The molecule has 1 N–H and O–H groups in total. The molecular formula is C21H22Cl2N2O4. The number of nitrogens with zero attached hydrogens (tertiary/aromatic N) is 1. The minimum Gasteiger partial charge on any atom is -0.484 e. The molecule has 1 fully saturated rings. The van der Waals surface area contributed by atoms with E-state index >= 15 is 0 Å². The van der Waals surface area contributed by atoms with E-state index in [0.717, 1.165) is 5.56 Å². The van der Waals surface area contributed by atoms with E-state index in [1.807, 2.05) is 24.3 Å². The number of nitrogens with one attached hydrogen (secondary N) is 1. The third-order valence-electron chi connectivity index (χ3n) is 4.52. The predicted octanol–water partition coefficient (Wildman–Crippen LogP) is 3.80. The van der Waals surface area contributed by atoms with Crippen molar-refractivity contribution in [3.63, 3.8) is 0 Å². The van der Waals surface area contributed by atoms with Crippen molar-refractivity contribution in [2.75, 3.05) is 32.8 Å². The van der Waals surface area contributed by atoms with Gasteiger partial charge < -0.3 is 19.7 Å². The van der Waals surface area contributed by atoms with Crippen LogP contribution in [0.25, 0.3) is 0 Å². The molecule has 8 heteroatoms. The number of amides is 2. The maximum absolute atomic E-state index is 12.0. The molecule has 0 unspecified atom stereocenters. The lowest BCUT2D eigenvalue weighted by molar-refractivity contribution is -0.123. The summed E-state index contributed by atoms with van der Waals surface area (Å²) in [6.45, 7) is 1.89. The van der Waals surface area contributed by atoms with Gasteiger partial charge in [0.05, 0.1) is 6.61 Å². The summed E-state index contributed by atoms with van der Waals surface area (Å²) < 4.78 is 10.7. The number of rotatable bonds is 8. The first-order chi connectivity index (χ1) is 14.0. The average molecular weight is 437 g/mol. The maximum Gasteiger partial charge on any atom is 0.409 e. The second-order valence-electron chi connectivity index (χ2n) is 6.81. The molecule has 0 aromatic heterocycles. The first-order valence-corrected chi connectivity index (χ1v) is 10.1. The molecule has 0 spiro atoms. The van der Waals surface area contributed by atoms with Crippen LogP contribution in [0.4, 0.5) is 4.79 Å². The lowest BCUT2D eigenvalue weighted by atomic mass is 10.0. The summed E-state index contributed by atoms with van der Waals surface area (Å²) in [5, 5.41) is 4.11. The molecule has 0 saturated carbocycles. The topological polar surface area (TPSA) is 67.9 Å². The minimum absolute atomic E-state index is 0.0647. The van der Waals surface area contributed by atoms with Crippen LogP contribution >= 0.6 is 23.2 Å². The third kappa shape index (κ3) is 6.84. The van der Waals surface area contributed by atoms with Crippen molar-refractivity contribution >= 4 is 35.2 Å². The van der Waals surface area contributed by atoms with E-state index in [1.54, 1.807) is 29.2 Å². The second kappa shape index (κ2) is 10.4. The van der Waals surface area contributed by atoms with Crippen molar-refractivity contribution in [1.29, 1.82) is 0 Å². The van der Waals surface area contributed by atoms with Crippen LogP contribution in [0.2, 0.25) is 10.0 Å².